The van der Waals surface area contributed by atoms with Crippen LogP contribution in [0.15, 0.2) is 48.5 Å². The molecule has 2 aromatic rings. The first-order chi connectivity index (χ1) is 10.0. The summed E-state index contributed by atoms with van der Waals surface area (Å²) >= 11 is 0. The van der Waals surface area contributed by atoms with E-state index in [1.54, 1.807) is 12.1 Å². The Morgan fingerprint density at radius 3 is 2.38 bits per heavy atom. The third kappa shape index (κ3) is 4.63. The van der Waals surface area contributed by atoms with Gasteiger partial charge >= 0.3 is 0 Å². The van der Waals surface area contributed by atoms with E-state index in [9.17, 15) is 4.79 Å². The summed E-state index contributed by atoms with van der Waals surface area (Å²) in [5.41, 5.74) is 9.28. The molecule has 0 saturated carbocycles. The maximum atomic E-state index is 11.1. The smallest absolute Gasteiger partial charge is 0.248 e. The van der Waals surface area contributed by atoms with E-state index in [-0.39, 0.29) is 0 Å². The molecule has 3 heteroatoms. The van der Waals surface area contributed by atoms with Crippen LogP contribution in [-0.2, 0) is 13.0 Å². The number of primary amides is 1. The molecule has 0 saturated heterocycles. The van der Waals surface area contributed by atoms with E-state index < -0.39 is 5.91 Å². The Kier molecular flexibility index (Phi) is 4.99. The zero-order valence-electron chi connectivity index (χ0n) is 12.6. The van der Waals surface area contributed by atoms with Gasteiger partial charge in [-0.1, -0.05) is 44.2 Å². The first-order valence-corrected chi connectivity index (χ1v) is 7.26. The minimum absolute atomic E-state index is 0.406. The largest absolute Gasteiger partial charge is 0.381 e. The summed E-state index contributed by atoms with van der Waals surface area (Å²) in [7, 11) is 0. The highest BCUT2D eigenvalue weighted by molar-refractivity contribution is 5.93. The fraction of sp³-hybridized carbons (Fsp3) is 0.278. The maximum Gasteiger partial charge on any atom is 0.248 e. The molecule has 0 aliphatic carbocycles. The third-order valence-corrected chi connectivity index (χ3v) is 3.31. The van der Waals surface area contributed by atoms with Gasteiger partial charge in [0, 0.05) is 17.8 Å². The van der Waals surface area contributed by atoms with Gasteiger partial charge in [-0.15, -0.1) is 0 Å². The number of hydrogen-bond donors (Lipinski definition) is 2. The van der Waals surface area contributed by atoms with Gasteiger partial charge in [0.05, 0.1) is 0 Å². The lowest BCUT2D eigenvalue weighted by Crippen LogP contribution is -2.11. The summed E-state index contributed by atoms with van der Waals surface area (Å²) in [4.78, 5) is 11.1. The van der Waals surface area contributed by atoms with Gasteiger partial charge < -0.3 is 11.1 Å². The quantitative estimate of drug-likeness (QED) is 0.850. The Morgan fingerprint density at radius 1 is 1.10 bits per heavy atom. The molecular formula is C18H22N2O. The normalized spacial score (nSPS) is 10.6. The predicted molar refractivity (Wildman–Crippen MR) is 87.3 cm³/mol. The van der Waals surface area contributed by atoms with Crippen LogP contribution in [0.4, 0.5) is 5.69 Å². The number of amides is 1. The number of rotatable bonds is 6. The van der Waals surface area contributed by atoms with Gasteiger partial charge in [-0.25, -0.2) is 0 Å². The Hall–Kier alpha value is -2.29. The zero-order chi connectivity index (χ0) is 15.2. The summed E-state index contributed by atoms with van der Waals surface area (Å²) in [5.74, 6) is 0.266. The predicted octanol–water partition coefficient (Wildman–Crippen LogP) is 3.60. The van der Waals surface area contributed by atoms with Crippen molar-refractivity contribution in [2.24, 2.45) is 11.7 Å². The monoisotopic (exact) mass is 282 g/mol. The molecule has 0 aliphatic rings. The van der Waals surface area contributed by atoms with E-state index in [1.807, 2.05) is 12.1 Å². The van der Waals surface area contributed by atoms with Gasteiger partial charge in [0.15, 0.2) is 0 Å². The van der Waals surface area contributed by atoms with Crippen LogP contribution in [0, 0.1) is 5.92 Å². The van der Waals surface area contributed by atoms with Crippen LogP contribution in [0.2, 0.25) is 0 Å². The van der Waals surface area contributed by atoms with E-state index in [0.717, 1.165) is 18.7 Å². The number of carbonyl (C=O) groups is 1. The molecule has 0 spiro atoms. The molecule has 0 radical (unpaired) electrons. The average Bonchev–Trinajstić information content (AvgIpc) is 2.46. The first-order valence-electron chi connectivity index (χ1n) is 7.26. The van der Waals surface area contributed by atoms with Crippen molar-refractivity contribution in [3.8, 4) is 0 Å². The van der Waals surface area contributed by atoms with Crippen LogP contribution in [0.25, 0.3) is 0 Å². The average molecular weight is 282 g/mol. The van der Waals surface area contributed by atoms with Crippen molar-refractivity contribution in [2.75, 3.05) is 5.32 Å². The van der Waals surface area contributed by atoms with Gasteiger partial charge in [0.2, 0.25) is 5.91 Å². The highest BCUT2D eigenvalue weighted by Crippen LogP contribution is 2.13. The van der Waals surface area contributed by atoms with Gasteiger partial charge in [0.25, 0.3) is 0 Å². The van der Waals surface area contributed by atoms with Gasteiger partial charge in [-0.3, -0.25) is 4.79 Å². The van der Waals surface area contributed by atoms with E-state index in [1.165, 1.54) is 11.1 Å². The number of benzene rings is 2. The van der Waals surface area contributed by atoms with Crippen LogP contribution < -0.4 is 11.1 Å². The van der Waals surface area contributed by atoms with Crippen LogP contribution in [0.5, 0.6) is 0 Å². The Balaban J connectivity index is 1.96. The third-order valence-electron chi connectivity index (χ3n) is 3.31. The highest BCUT2D eigenvalue weighted by atomic mass is 16.1. The van der Waals surface area contributed by atoms with Gasteiger partial charge in [-0.2, -0.15) is 0 Å². The second-order valence-electron chi connectivity index (χ2n) is 5.71. The van der Waals surface area contributed by atoms with E-state index in [0.29, 0.717) is 11.5 Å². The summed E-state index contributed by atoms with van der Waals surface area (Å²) in [5, 5.41) is 3.31. The zero-order valence-corrected chi connectivity index (χ0v) is 12.6. The molecule has 0 bridgehead atoms. The van der Waals surface area contributed by atoms with Crippen molar-refractivity contribution in [1.82, 2.24) is 0 Å². The maximum absolute atomic E-state index is 11.1. The summed E-state index contributed by atoms with van der Waals surface area (Å²) < 4.78 is 0. The fourth-order valence-corrected chi connectivity index (χ4v) is 2.25. The second-order valence-corrected chi connectivity index (χ2v) is 5.71. The van der Waals surface area contributed by atoms with E-state index in [4.69, 9.17) is 5.73 Å². The van der Waals surface area contributed by atoms with Gasteiger partial charge in [0.1, 0.15) is 0 Å². The van der Waals surface area contributed by atoms with Crippen LogP contribution >= 0.6 is 0 Å². The SMILES string of the molecule is CC(C)Cc1ccc(CNc2cccc(C(N)=O)c2)cc1. The molecule has 1 amide bonds. The number of nitrogens with two attached hydrogens (primary N) is 1. The Morgan fingerprint density at radius 2 is 1.76 bits per heavy atom. The van der Waals surface area contributed by atoms with Crippen LogP contribution in [0.3, 0.4) is 0 Å². The van der Waals surface area contributed by atoms with Crippen molar-refractivity contribution in [2.45, 2.75) is 26.8 Å². The molecule has 2 aromatic carbocycles. The van der Waals surface area contributed by atoms with Crippen molar-refractivity contribution in [1.29, 1.82) is 0 Å². The number of anilines is 1. The molecular weight excluding hydrogens is 260 g/mol. The Labute approximate surface area is 126 Å². The lowest BCUT2D eigenvalue weighted by Gasteiger charge is -2.09. The van der Waals surface area contributed by atoms with Crippen molar-refractivity contribution in [3.05, 3.63) is 65.2 Å². The molecule has 21 heavy (non-hydrogen) atoms. The van der Waals surface area contributed by atoms with Crippen LogP contribution in [0.1, 0.15) is 35.3 Å². The van der Waals surface area contributed by atoms with Crippen LogP contribution in [-0.4, -0.2) is 5.91 Å². The lowest BCUT2D eigenvalue weighted by atomic mass is 10.0. The molecule has 110 valence electrons. The minimum atomic E-state index is -0.406. The van der Waals surface area contributed by atoms with Crippen molar-refractivity contribution < 1.29 is 4.79 Å². The molecule has 0 fully saturated rings. The van der Waals surface area contributed by atoms with E-state index >= 15 is 0 Å². The Bertz CT molecular complexity index is 603. The fourth-order valence-electron chi connectivity index (χ4n) is 2.25. The molecule has 2 rings (SSSR count). The van der Waals surface area contributed by atoms with Crippen molar-refractivity contribution in [3.63, 3.8) is 0 Å². The van der Waals surface area contributed by atoms with E-state index in [2.05, 4.69) is 43.4 Å². The topological polar surface area (TPSA) is 55.1 Å². The standard InChI is InChI=1S/C18H22N2O/c1-13(2)10-14-6-8-15(9-7-14)12-20-17-5-3-4-16(11-17)18(19)21/h3-9,11,13,20H,10,12H2,1-2H3,(H2,19,21). The number of carbonyl (C=O) groups excluding carboxylic acids is 1. The van der Waals surface area contributed by atoms with Crippen molar-refractivity contribution >= 4 is 11.6 Å². The highest BCUT2D eigenvalue weighted by Gasteiger charge is 2.02. The summed E-state index contributed by atoms with van der Waals surface area (Å²) in [6.07, 6.45) is 1.11. The minimum Gasteiger partial charge on any atom is -0.381 e. The number of hydrogen-bond acceptors (Lipinski definition) is 2. The second kappa shape index (κ2) is 6.93. The first kappa shape index (κ1) is 15.1. The molecule has 0 aliphatic heterocycles. The summed E-state index contributed by atoms with van der Waals surface area (Å²) in [6.45, 7) is 5.17. The molecule has 0 aromatic heterocycles. The molecule has 0 atom stereocenters. The molecule has 3 N–H and O–H groups in total. The molecule has 3 nitrogen and oxygen atoms in total. The molecule has 0 unspecified atom stereocenters. The lowest BCUT2D eigenvalue weighted by molar-refractivity contribution is 0.100. The number of nitrogens with one attached hydrogen (secondary N) is 1. The van der Waals surface area contributed by atoms with Gasteiger partial charge in [-0.05, 0) is 41.7 Å². The summed E-state index contributed by atoms with van der Waals surface area (Å²) in [6, 6.07) is 15.9. The molecule has 0 heterocycles.